The molecule has 0 atom stereocenters. The summed E-state index contributed by atoms with van der Waals surface area (Å²) in [4.78, 5) is 4.54. The Bertz CT molecular complexity index is 753. The van der Waals surface area contributed by atoms with Crippen LogP contribution in [0.4, 0.5) is 0 Å². The third-order valence-corrected chi connectivity index (χ3v) is 3.81. The lowest BCUT2D eigenvalue weighted by molar-refractivity contribution is 0.666. The predicted octanol–water partition coefficient (Wildman–Crippen LogP) is 2.10. The lowest BCUT2D eigenvalue weighted by Gasteiger charge is -2.04. The van der Waals surface area contributed by atoms with Gasteiger partial charge in [0.15, 0.2) is 0 Å². The standard InChI is InChI=1S/C16H21N5/c1-4-13-8-14(20(3)19-13)11-21-10-12(9-17-2)15-6-5-7-18-16(15)21/h5-8,10,17H,4,9,11H2,1-3H3. The van der Waals surface area contributed by atoms with Gasteiger partial charge in [-0.05, 0) is 37.2 Å². The van der Waals surface area contributed by atoms with Gasteiger partial charge in [0.2, 0.25) is 0 Å². The van der Waals surface area contributed by atoms with E-state index in [1.165, 1.54) is 16.6 Å². The molecular weight excluding hydrogens is 262 g/mol. The van der Waals surface area contributed by atoms with Gasteiger partial charge >= 0.3 is 0 Å². The van der Waals surface area contributed by atoms with Gasteiger partial charge in [-0.15, -0.1) is 0 Å². The number of aryl methyl sites for hydroxylation is 2. The molecule has 0 saturated carbocycles. The van der Waals surface area contributed by atoms with Gasteiger partial charge in [-0.1, -0.05) is 6.92 Å². The minimum Gasteiger partial charge on any atom is -0.326 e. The summed E-state index contributed by atoms with van der Waals surface area (Å²) in [6, 6.07) is 6.30. The lowest BCUT2D eigenvalue weighted by atomic mass is 10.2. The minimum atomic E-state index is 0.792. The average Bonchev–Trinajstić information content (AvgIpc) is 3.02. The first-order valence-corrected chi connectivity index (χ1v) is 7.32. The van der Waals surface area contributed by atoms with Crippen molar-refractivity contribution in [2.75, 3.05) is 7.05 Å². The van der Waals surface area contributed by atoms with E-state index in [-0.39, 0.29) is 0 Å². The number of pyridine rings is 1. The zero-order valence-electron chi connectivity index (χ0n) is 12.8. The maximum Gasteiger partial charge on any atom is 0.140 e. The van der Waals surface area contributed by atoms with Gasteiger partial charge in [-0.25, -0.2) is 4.98 Å². The van der Waals surface area contributed by atoms with E-state index in [4.69, 9.17) is 0 Å². The summed E-state index contributed by atoms with van der Waals surface area (Å²) in [6.45, 7) is 3.77. The van der Waals surface area contributed by atoms with Crippen LogP contribution in [0.15, 0.2) is 30.6 Å². The first kappa shape index (κ1) is 13.8. The van der Waals surface area contributed by atoms with Crippen molar-refractivity contribution in [3.8, 4) is 0 Å². The first-order valence-electron chi connectivity index (χ1n) is 7.32. The molecule has 0 unspecified atom stereocenters. The van der Waals surface area contributed by atoms with Gasteiger partial charge in [0.1, 0.15) is 5.65 Å². The molecule has 3 aromatic rings. The number of hydrogen-bond donors (Lipinski definition) is 1. The van der Waals surface area contributed by atoms with E-state index in [1.54, 1.807) is 0 Å². The molecule has 0 aliphatic carbocycles. The van der Waals surface area contributed by atoms with Crippen molar-refractivity contribution in [1.29, 1.82) is 0 Å². The maximum atomic E-state index is 4.54. The normalized spacial score (nSPS) is 11.4. The third kappa shape index (κ3) is 2.56. The SMILES string of the molecule is CCc1cc(Cn2cc(CNC)c3cccnc32)n(C)n1. The molecule has 3 rings (SSSR count). The highest BCUT2D eigenvalue weighted by Crippen LogP contribution is 2.20. The number of hydrogen-bond acceptors (Lipinski definition) is 3. The summed E-state index contributed by atoms with van der Waals surface area (Å²) in [6.07, 6.45) is 5.00. The van der Waals surface area contributed by atoms with E-state index in [1.807, 2.05) is 31.0 Å². The summed E-state index contributed by atoms with van der Waals surface area (Å²) in [5, 5.41) is 8.95. The Labute approximate surface area is 124 Å². The van der Waals surface area contributed by atoms with Crippen molar-refractivity contribution >= 4 is 11.0 Å². The predicted molar refractivity (Wildman–Crippen MR) is 84.2 cm³/mol. The third-order valence-electron chi connectivity index (χ3n) is 3.81. The summed E-state index contributed by atoms with van der Waals surface area (Å²) in [7, 11) is 3.97. The van der Waals surface area contributed by atoms with Crippen molar-refractivity contribution < 1.29 is 0 Å². The smallest absolute Gasteiger partial charge is 0.140 e. The molecule has 0 aliphatic heterocycles. The Kier molecular flexibility index (Phi) is 3.75. The molecule has 0 bridgehead atoms. The van der Waals surface area contributed by atoms with Crippen molar-refractivity contribution in [3.05, 3.63) is 47.5 Å². The largest absolute Gasteiger partial charge is 0.326 e. The second-order valence-electron chi connectivity index (χ2n) is 5.29. The van der Waals surface area contributed by atoms with Crippen molar-refractivity contribution in [3.63, 3.8) is 0 Å². The number of fused-ring (bicyclic) bond motifs is 1. The van der Waals surface area contributed by atoms with Gasteiger partial charge in [-0.3, -0.25) is 4.68 Å². The topological polar surface area (TPSA) is 47.7 Å². The quantitative estimate of drug-likeness (QED) is 0.780. The molecule has 3 heterocycles. The Morgan fingerprint density at radius 2 is 2.19 bits per heavy atom. The average molecular weight is 283 g/mol. The molecular formula is C16H21N5. The monoisotopic (exact) mass is 283 g/mol. The molecule has 0 aliphatic rings. The van der Waals surface area contributed by atoms with E-state index in [0.29, 0.717) is 0 Å². The summed E-state index contributed by atoms with van der Waals surface area (Å²) >= 11 is 0. The Morgan fingerprint density at radius 1 is 1.33 bits per heavy atom. The van der Waals surface area contributed by atoms with Crippen LogP contribution in [0.1, 0.15) is 23.9 Å². The molecule has 0 radical (unpaired) electrons. The van der Waals surface area contributed by atoms with E-state index in [2.05, 4.69) is 45.2 Å². The van der Waals surface area contributed by atoms with Crippen LogP contribution in [0, 0.1) is 0 Å². The highest BCUT2D eigenvalue weighted by molar-refractivity contribution is 5.80. The molecule has 5 nitrogen and oxygen atoms in total. The Morgan fingerprint density at radius 3 is 2.90 bits per heavy atom. The summed E-state index contributed by atoms with van der Waals surface area (Å²) in [5.74, 6) is 0. The van der Waals surface area contributed by atoms with Gasteiger partial charge < -0.3 is 9.88 Å². The number of rotatable bonds is 5. The number of nitrogens with zero attached hydrogens (tertiary/aromatic N) is 4. The Hall–Kier alpha value is -2.14. The van der Waals surface area contributed by atoms with E-state index < -0.39 is 0 Å². The fourth-order valence-corrected chi connectivity index (χ4v) is 2.71. The number of nitrogens with one attached hydrogen (secondary N) is 1. The van der Waals surface area contributed by atoms with Crippen LogP contribution < -0.4 is 5.32 Å². The van der Waals surface area contributed by atoms with Crippen molar-refractivity contribution in [2.45, 2.75) is 26.4 Å². The molecule has 0 spiro atoms. The molecule has 1 N–H and O–H groups in total. The van der Waals surface area contributed by atoms with Crippen molar-refractivity contribution in [1.82, 2.24) is 24.6 Å². The first-order chi connectivity index (χ1) is 10.2. The zero-order chi connectivity index (χ0) is 14.8. The van der Waals surface area contributed by atoms with Crippen LogP contribution in [0.2, 0.25) is 0 Å². The van der Waals surface area contributed by atoms with Crippen LogP contribution in [0.3, 0.4) is 0 Å². The molecule has 3 aromatic heterocycles. The van der Waals surface area contributed by atoms with Crippen molar-refractivity contribution in [2.24, 2.45) is 7.05 Å². The zero-order valence-corrected chi connectivity index (χ0v) is 12.8. The van der Waals surface area contributed by atoms with Crippen LogP contribution >= 0.6 is 0 Å². The van der Waals surface area contributed by atoms with E-state index in [9.17, 15) is 0 Å². The lowest BCUT2D eigenvalue weighted by Crippen LogP contribution is -2.06. The molecule has 0 saturated heterocycles. The van der Waals surface area contributed by atoms with E-state index in [0.717, 1.165) is 30.9 Å². The summed E-state index contributed by atoms with van der Waals surface area (Å²) in [5.41, 5.74) is 4.64. The van der Waals surface area contributed by atoms with Crippen LogP contribution in [-0.4, -0.2) is 26.4 Å². The second kappa shape index (κ2) is 5.69. The molecule has 0 aromatic carbocycles. The molecule has 0 amide bonds. The fourth-order valence-electron chi connectivity index (χ4n) is 2.71. The fraction of sp³-hybridized carbons (Fsp3) is 0.375. The van der Waals surface area contributed by atoms with Crippen LogP contribution in [0.5, 0.6) is 0 Å². The van der Waals surface area contributed by atoms with Gasteiger partial charge in [0.05, 0.1) is 17.9 Å². The molecule has 110 valence electrons. The molecule has 5 heteroatoms. The summed E-state index contributed by atoms with van der Waals surface area (Å²) < 4.78 is 4.17. The maximum absolute atomic E-state index is 4.54. The van der Waals surface area contributed by atoms with Gasteiger partial charge in [0.25, 0.3) is 0 Å². The van der Waals surface area contributed by atoms with Crippen LogP contribution in [-0.2, 0) is 26.6 Å². The van der Waals surface area contributed by atoms with Crippen LogP contribution in [0.25, 0.3) is 11.0 Å². The van der Waals surface area contributed by atoms with Gasteiger partial charge in [0, 0.05) is 31.4 Å². The van der Waals surface area contributed by atoms with Gasteiger partial charge in [-0.2, -0.15) is 5.10 Å². The highest BCUT2D eigenvalue weighted by Gasteiger charge is 2.11. The number of aromatic nitrogens is 4. The van der Waals surface area contributed by atoms with E-state index >= 15 is 0 Å². The Balaban J connectivity index is 2.01. The highest BCUT2D eigenvalue weighted by atomic mass is 15.3. The molecule has 21 heavy (non-hydrogen) atoms. The minimum absolute atomic E-state index is 0.792. The molecule has 0 fully saturated rings. The second-order valence-corrected chi connectivity index (χ2v) is 5.29.